The van der Waals surface area contributed by atoms with Crippen molar-refractivity contribution in [2.45, 2.75) is 57.1 Å². The molecule has 0 radical (unpaired) electrons. The number of nitrogens with one attached hydrogen (secondary N) is 1. The van der Waals surface area contributed by atoms with Crippen LogP contribution in [0.15, 0.2) is 72.8 Å². The molecule has 1 saturated heterocycles. The van der Waals surface area contributed by atoms with Crippen LogP contribution in [0.5, 0.6) is 17.2 Å². The topological polar surface area (TPSA) is 64.6 Å². The molecule has 3 aromatic rings. The summed E-state index contributed by atoms with van der Waals surface area (Å²) in [6.45, 7) is 4.65. The second kappa shape index (κ2) is 12.1. The molecule has 0 aromatic heterocycles. The van der Waals surface area contributed by atoms with Gasteiger partial charge in [-0.15, -0.1) is 0 Å². The van der Waals surface area contributed by atoms with Crippen LogP contribution in [0, 0.1) is 0 Å². The number of para-hydroxylation sites is 1. The Morgan fingerprint density at radius 3 is 2.44 bits per heavy atom. The second-order valence-corrected chi connectivity index (χ2v) is 10.6. The molecule has 1 fully saturated rings. The summed E-state index contributed by atoms with van der Waals surface area (Å²) in [4.78, 5) is 23.9. The van der Waals surface area contributed by atoms with Crippen molar-refractivity contribution in [2.75, 3.05) is 6.61 Å². The summed E-state index contributed by atoms with van der Waals surface area (Å²) >= 11 is 1.05. The van der Waals surface area contributed by atoms with Gasteiger partial charge in [-0.1, -0.05) is 55.8 Å². The number of unbranched alkanes of at least 4 members (excludes halogenated alkanes) is 2. The lowest BCUT2D eigenvalue weighted by Crippen LogP contribution is -2.31. The van der Waals surface area contributed by atoms with Gasteiger partial charge in [0, 0.05) is 0 Å². The number of thioether (sulfide) groups is 1. The number of amides is 2. The molecule has 0 bridgehead atoms. The quantitative estimate of drug-likeness (QED) is 0.261. The highest BCUT2D eigenvalue weighted by Gasteiger charge is 2.45. The SMILES string of the molecule is CCCc1cc(Oc2ccccc2)ccc1OCCCCCc1cccc(C2(C)SC(=O)NC2=O)c1. The lowest BCUT2D eigenvalue weighted by molar-refractivity contribution is -0.121. The smallest absolute Gasteiger partial charge is 0.287 e. The summed E-state index contributed by atoms with van der Waals surface area (Å²) in [7, 11) is 0. The molecular weight excluding hydrogens is 470 g/mol. The molecule has 1 heterocycles. The van der Waals surface area contributed by atoms with Crippen LogP contribution in [0.4, 0.5) is 4.79 Å². The second-order valence-electron chi connectivity index (χ2n) is 9.17. The van der Waals surface area contributed by atoms with Crippen molar-refractivity contribution >= 4 is 22.9 Å². The molecule has 3 aromatic carbocycles. The summed E-state index contributed by atoms with van der Waals surface area (Å²) in [5.74, 6) is 2.34. The van der Waals surface area contributed by atoms with Gasteiger partial charge in [0.15, 0.2) is 0 Å². The Hall–Kier alpha value is -3.25. The van der Waals surface area contributed by atoms with Crippen molar-refractivity contribution in [3.8, 4) is 17.2 Å². The van der Waals surface area contributed by atoms with E-state index in [2.05, 4.69) is 30.4 Å². The van der Waals surface area contributed by atoms with E-state index in [4.69, 9.17) is 9.47 Å². The third kappa shape index (κ3) is 6.49. The molecule has 6 heteroatoms. The number of carbonyl (C=O) groups is 2. The predicted molar refractivity (Wildman–Crippen MR) is 145 cm³/mol. The molecule has 1 unspecified atom stereocenters. The van der Waals surface area contributed by atoms with Crippen molar-refractivity contribution < 1.29 is 19.1 Å². The Morgan fingerprint density at radius 2 is 1.69 bits per heavy atom. The van der Waals surface area contributed by atoms with Crippen LogP contribution >= 0.6 is 11.8 Å². The molecule has 1 atom stereocenters. The maximum absolute atomic E-state index is 12.3. The third-order valence-corrected chi connectivity index (χ3v) is 7.44. The summed E-state index contributed by atoms with van der Waals surface area (Å²) in [5, 5.41) is 2.11. The Labute approximate surface area is 217 Å². The molecular formula is C30H33NO4S. The Kier molecular flexibility index (Phi) is 8.70. The average molecular weight is 504 g/mol. The van der Waals surface area contributed by atoms with Gasteiger partial charge in [-0.2, -0.15) is 0 Å². The van der Waals surface area contributed by atoms with Crippen LogP contribution in [0.1, 0.15) is 56.2 Å². The zero-order valence-corrected chi connectivity index (χ0v) is 21.7. The van der Waals surface area contributed by atoms with E-state index in [1.54, 1.807) is 0 Å². The molecule has 1 N–H and O–H groups in total. The zero-order chi connectivity index (χ0) is 25.4. The molecule has 4 rings (SSSR count). The van der Waals surface area contributed by atoms with Crippen molar-refractivity contribution in [2.24, 2.45) is 0 Å². The molecule has 0 aliphatic carbocycles. The van der Waals surface area contributed by atoms with Crippen molar-refractivity contribution in [3.63, 3.8) is 0 Å². The number of carbonyl (C=O) groups excluding carboxylic acids is 2. The normalized spacial score (nSPS) is 17.2. The highest BCUT2D eigenvalue weighted by atomic mass is 32.2. The number of imide groups is 1. The maximum atomic E-state index is 12.3. The van der Waals surface area contributed by atoms with Crippen LogP contribution in [-0.2, 0) is 22.4 Å². The Morgan fingerprint density at radius 1 is 0.861 bits per heavy atom. The van der Waals surface area contributed by atoms with Gasteiger partial charge in [0.05, 0.1) is 6.61 Å². The summed E-state index contributed by atoms with van der Waals surface area (Å²) in [6, 6.07) is 23.9. The van der Waals surface area contributed by atoms with Crippen molar-refractivity contribution in [1.29, 1.82) is 0 Å². The lowest BCUT2D eigenvalue weighted by Gasteiger charge is -2.19. The summed E-state index contributed by atoms with van der Waals surface area (Å²) in [6.07, 6.45) is 5.96. The zero-order valence-electron chi connectivity index (χ0n) is 20.9. The largest absolute Gasteiger partial charge is 0.493 e. The van der Waals surface area contributed by atoms with Gasteiger partial charge in [0.25, 0.3) is 5.24 Å². The first-order valence-electron chi connectivity index (χ1n) is 12.6. The Balaban J connectivity index is 1.25. The van der Waals surface area contributed by atoms with Crippen LogP contribution in [0.3, 0.4) is 0 Å². The van der Waals surface area contributed by atoms with E-state index in [1.165, 1.54) is 11.1 Å². The molecule has 188 valence electrons. The van der Waals surface area contributed by atoms with Gasteiger partial charge in [-0.05, 0) is 97.8 Å². The molecule has 1 aliphatic rings. The number of aryl methyl sites for hydroxylation is 2. The Bertz CT molecular complexity index is 1200. The van der Waals surface area contributed by atoms with E-state index in [-0.39, 0.29) is 11.1 Å². The minimum absolute atomic E-state index is 0.242. The lowest BCUT2D eigenvalue weighted by atomic mass is 9.95. The highest BCUT2D eigenvalue weighted by Crippen LogP contribution is 2.41. The molecule has 5 nitrogen and oxygen atoms in total. The van der Waals surface area contributed by atoms with Crippen LogP contribution in [-0.4, -0.2) is 17.8 Å². The van der Waals surface area contributed by atoms with Crippen molar-refractivity contribution in [1.82, 2.24) is 5.32 Å². The van der Waals surface area contributed by atoms with Gasteiger partial charge in [0.2, 0.25) is 5.91 Å². The van der Waals surface area contributed by atoms with Crippen molar-refractivity contribution in [3.05, 3.63) is 89.5 Å². The van der Waals surface area contributed by atoms with Gasteiger partial charge < -0.3 is 9.47 Å². The van der Waals surface area contributed by atoms with Gasteiger partial charge in [0.1, 0.15) is 22.0 Å². The first-order valence-corrected chi connectivity index (χ1v) is 13.4. The van der Waals surface area contributed by atoms with E-state index in [0.717, 1.165) is 73.1 Å². The van der Waals surface area contributed by atoms with Gasteiger partial charge in [-0.25, -0.2) is 0 Å². The monoisotopic (exact) mass is 503 g/mol. The predicted octanol–water partition coefficient (Wildman–Crippen LogP) is 7.42. The minimum atomic E-state index is -0.848. The number of benzene rings is 3. The van der Waals surface area contributed by atoms with Gasteiger partial charge in [-0.3, -0.25) is 14.9 Å². The number of hydrogen-bond donors (Lipinski definition) is 1. The fourth-order valence-electron chi connectivity index (χ4n) is 4.32. The number of rotatable bonds is 12. The molecule has 0 saturated carbocycles. The molecule has 0 spiro atoms. The number of hydrogen-bond acceptors (Lipinski definition) is 5. The molecule has 2 amide bonds. The average Bonchev–Trinajstić information content (AvgIpc) is 3.15. The minimum Gasteiger partial charge on any atom is -0.493 e. The first kappa shape index (κ1) is 25.8. The third-order valence-electron chi connectivity index (χ3n) is 6.32. The van der Waals surface area contributed by atoms with E-state index in [9.17, 15) is 9.59 Å². The molecule has 36 heavy (non-hydrogen) atoms. The van der Waals surface area contributed by atoms with Gasteiger partial charge >= 0.3 is 0 Å². The van der Waals surface area contributed by atoms with Crippen LogP contribution < -0.4 is 14.8 Å². The maximum Gasteiger partial charge on any atom is 0.287 e. The summed E-state index contributed by atoms with van der Waals surface area (Å²) < 4.78 is 11.3. The van der Waals surface area contributed by atoms with E-state index in [1.807, 2.05) is 61.5 Å². The number of ether oxygens (including phenoxy) is 2. The van der Waals surface area contributed by atoms with E-state index < -0.39 is 4.75 Å². The highest BCUT2D eigenvalue weighted by molar-refractivity contribution is 8.15. The van der Waals surface area contributed by atoms with Crippen LogP contribution in [0.2, 0.25) is 0 Å². The van der Waals surface area contributed by atoms with E-state index in [0.29, 0.717) is 6.61 Å². The fourth-order valence-corrected chi connectivity index (χ4v) is 5.23. The summed E-state index contributed by atoms with van der Waals surface area (Å²) in [5.41, 5.74) is 3.23. The molecule has 1 aliphatic heterocycles. The standard InChI is InChI=1S/C30H33NO4S/c1-3-11-23-21-26(35-25-15-7-4-8-16-25)17-18-27(23)34-19-9-5-6-12-22-13-10-14-24(20-22)30(2)28(32)31-29(33)36-30/h4,7-8,10,13-18,20-21H,3,5-6,9,11-12,19H2,1-2H3,(H,31,32,33). The first-order chi connectivity index (χ1) is 17.5. The van der Waals surface area contributed by atoms with Crippen LogP contribution in [0.25, 0.3) is 0 Å². The van der Waals surface area contributed by atoms with E-state index >= 15 is 0 Å². The fraction of sp³-hybridized carbons (Fsp3) is 0.333.